The molecule has 102 valence electrons. The number of rotatable bonds is 3. The highest BCUT2D eigenvalue weighted by atomic mass is 79.9. The van der Waals surface area contributed by atoms with Gasteiger partial charge in [0.15, 0.2) is 5.75 Å². The quantitative estimate of drug-likeness (QED) is 0.836. The standard InChI is InChI=1S/C14H9BrClFN2O/c15-11-4-10(16)5-12(19)14(11)20-7-9-3-1-2-8(6-18)13(9)17/h1-5H,7,19H2. The van der Waals surface area contributed by atoms with Gasteiger partial charge in [-0.15, -0.1) is 0 Å². The predicted octanol–water partition coefficient (Wildman–Crippen LogP) is 4.27. The van der Waals surface area contributed by atoms with Crippen molar-refractivity contribution >= 4 is 33.2 Å². The highest BCUT2D eigenvalue weighted by Crippen LogP contribution is 2.35. The zero-order valence-electron chi connectivity index (χ0n) is 10.2. The smallest absolute Gasteiger partial charge is 0.156 e. The molecule has 2 aromatic rings. The Morgan fingerprint density at radius 3 is 2.80 bits per heavy atom. The molecule has 0 heterocycles. The largest absolute Gasteiger partial charge is 0.485 e. The van der Waals surface area contributed by atoms with Crippen LogP contribution in [-0.2, 0) is 6.61 Å². The highest BCUT2D eigenvalue weighted by molar-refractivity contribution is 9.10. The number of benzene rings is 2. The average molecular weight is 356 g/mol. The van der Waals surface area contributed by atoms with Crippen LogP contribution in [-0.4, -0.2) is 0 Å². The van der Waals surface area contributed by atoms with E-state index in [0.717, 1.165) is 0 Å². The molecule has 0 bridgehead atoms. The van der Waals surface area contributed by atoms with Gasteiger partial charge in [0.25, 0.3) is 0 Å². The molecule has 0 unspecified atom stereocenters. The van der Waals surface area contributed by atoms with Gasteiger partial charge in [-0.3, -0.25) is 0 Å². The summed E-state index contributed by atoms with van der Waals surface area (Å²) in [5.41, 5.74) is 6.41. The Hall–Kier alpha value is -1.77. The van der Waals surface area contributed by atoms with Gasteiger partial charge in [-0.05, 0) is 34.1 Å². The van der Waals surface area contributed by atoms with Gasteiger partial charge >= 0.3 is 0 Å². The third-order valence-electron chi connectivity index (χ3n) is 2.61. The fourth-order valence-electron chi connectivity index (χ4n) is 1.66. The summed E-state index contributed by atoms with van der Waals surface area (Å²) < 4.78 is 20.0. The normalized spacial score (nSPS) is 10.1. The van der Waals surface area contributed by atoms with Crippen LogP contribution in [0.4, 0.5) is 10.1 Å². The molecule has 2 rings (SSSR count). The number of hydrogen-bond donors (Lipinski definition) is 1. The predicted molar refractivity (Wildman–Crippen MR) is 79.0 cm³/mol. The summed E-state index contributed by atoms with van der Waals surface area (Å²) in [6, 6.07) is 9.52. The van der Waals surface area contributed by atoms with Crippen LogP contribution in [0.3, 0.4) is 0 Å². The van der Waals surface area contributed by atoms with Crippen molar-refractivity contribution in [2.75, 3.05) is 5.73 Å². The summed E-state index contributed by atoms with van der Waals surface area (Å²) in [6.07, 6.45) is 0. The molecule has 0 aromatic heterocycles. The second kappa shape index (κ2) is 6.12. The molecular formula is C14H9BrClFN2O. The topological polar surface area (TPSA) is 59.0 Å². The molecule has 0 aliphatic rings. The van der Waals surface area contributed by atoms with Crippen LogP contribution in [0.5, 0.6) is 5.75 Å². The van der Waals surface area contributed by atoms with Crippen molar-refractivity contribution < 1.29 is 9.13 Å². The molecule has 0 saturated carbocycles. The second-order valence-corrected chi connectivity index (χ2v) is 5.28. The summed E-state index contributed by atoms with van der Waals surface area (Å²) in [4.78, 5) is 0. The van der Waals surface area contributed by atoms with Crippen LogP contribution >= 0.6 is 27.5 Å². The third kappa shape index (κ3) is 3.03. The van der Waals surface area contributed by atoms with Gasteiger partial charge in [0.05, 0.1) is 15.7 Å². The number of ether oxygens (including phenoxy) is 1. The SMILES string of the molecule is N#Cc1cccc(COc2c(N)cc(Cl)cc2Br)c1F. The lowest BCUT2D eigenvalue weighted by atomic mass is 10.1. The number of hydrogen-bond acceptors (Lipinski definition) is 3. The minimum Gasteiger partial charge on any atom is -0.485 e. The van der Waals surface area contributed by atoms with Crippen molar-refractivity contribution in [3.63, 3.8) is 0 Å². The van der Waals surface area contributed by atoms with Gasteiger partial charge in [0, 0.05) is 10.6 Å². The summed E-state index contributed by atoms with van der Waals surface area (Å²) >= 11 is 9.13. The van der Waals surface area contributed by atoms with Crippen molar-refractivity contribution in [3.8, 4) is 11.8 Å². The van der Waals surface area contributed by atoms with Gasteiger partial charge in [-0.25, -0.2) is 4.39 Å². The van der Waals surface area contributed by atoms with E-state index in [2.05, 4.69) is 15.9 Å². The van der Waals surface area contributed by atoms with Gasteiger partial charge in [0.1, 0.15) is 18.5 Å². The summed E-state index contributed by atoms with van der Waals surface area (Å²) in [6.45, 7) is -0.0359. The van der Waals surface area contributed by atoms with Crippen LogP contribution < -0.4 is 10.5 Å². The molecule has 0 spiro atoms. The molecule has 20 heavy (non-hydrogen) atoms. The fraction of sp³-hybridized carbons (Fsp3) is 0.0714. The van der Waals surface area contributed by atoms with Gasteiger partial charge in [-0.1, -0.05) is 23.7 Å². The van der Waals surface area contributed by atoms with Crippen LogP contribution in [0.25, 0.3) is 0 Å². The van der Waals surface area contributed by atoms with Gasteiger partial charge in [-0.2, -0.15) is 5.26 Å². The summed E-state index contributed by atoms with van der Waals surface area (Å²) in [7, 11) is 0. The molecule has 0 atom stereocenters. The van der Waals surface area contributed by atoms with Gasteiger partial charge < -0.3 is 10.5 Å². The maximum absolute atomic E-state index is 13.9. The van der Waals surface area contributed by atoms with Gasteiger partial charge in [0.2, 0.25) is 0 Å². The molecule has 0 radical (unpaired) electrons. The molecule has 0 aliphatic carbocycles. The molecule has 3 nitrogen and oxygen atoms in total. The second-order valence-electron chi connectivity index (χ2n) is 3.99. The lowest BCUT2D eigenvalue weighted by Gasteiger charge is -2.12. The lowest BCUT2D eigenvalue weighted by molar-refractivity contribution is 0.299. The van der Waals surface area contributed by atoms with E-state index < -0.39 is 5.82 Å². The summed E-state index contributed by atoms with van der Waals surface area (Å²) in [5, 5.41) is 9.25. The fourth-order valence-corrected chi connectivity index (χ4v) is 2.61. The highest BCUT2D eigenvalue weighted by Gasteiger charge is 2.11. The van der Waals surface area contributed by atoms with E-state index in [1.165, 1.54) is 6.07 Å². The molecule has 0 fully saturated rings. The number of nitrogens with zero attached hydrogens (tertiary/aromatic N) is 1. The van der Waals surface area contributed by atoms with E-state index in [1.54, 1.807) is 30.3 Å². The van der Waals surface area contributed by atoms with Crippen molar-refractivity contribution in [1.82, 2.24) is 0 Å². The molecular weight excluding hydrogens is 347 g/mol. The van der Waals surface area contributed by atoms with E-state index in [1.807, 2.05) is 0 Å². The number of halogens is 3. The Labute approximate surface area is 128 Å². The first-order chi connectivity index (χ1) is 9.52. The molecule has 0 amide bonds. The van der Waals surface area contributed by atoms with E-state index in [0.29, 0.717) is 20.9 Å². The first-order valence-corrected chi connectivity index (χ1v) is 6.75. The third-order valence-corrected chi connectivity index (χ3v) is 3.42. The Kier molecular flexibility index (Phi) is 4.48. The lowest BCUT2D eigenvalue weighted by Crippen LogP contribution is -2.02. The van der Waals surface area contributed by atoms with Crippen LogP contribution in [0.2, 0.25) is 5.02 Å². The number of anilines is 1. The van der Waals surface area contributed by atoms with E-state index in [-0.39, 0.29) is 17.7 Å². The maximum atomic E-state index is 13.9. The van der Waals surface area contributed by atoms with Crippen LogP contribution in [0.1, 0.15) is 11.1 Å². The minimum absolute atomic E-state index is 0.0192. The maximum Gasteiger partial charge on any atom is 0.156 e. The van der Waals surface area contributed by atoms with Crippen LogP contribution in [0.15, 0.2) is 34.8 Å². The van der Waals surface area contributed by atoms with Crippen molar-refractivity contribution in [2.24, 2.45) is 0 Å². The van der Waals surface area contributed by atoms with Crippen LogP contribution in [0, 0.1) is 17.1 Å². The Morgan fingerprint density at radius 1 is 1.40 bits per heavy atom. The summed E-state index contributed by atoms with van der Waals surface area (Å²) in [5.74, 6) is -0.199. The molecule has 0 aliphatic heterocycles. The molecule has 2 aromatic carbocycles. The monoisotopic (exact) mass is 354 g/mol. The average Bonchev–Trinajstić information content (AvgIpc) is 2.39. The van der Waals surface area contributed by atoms with E-state index in [4.69, 9.17) is 27.3 Å². The minimum atomic E-state index is -0.585. The Bertz CT molecular complexity index is 677. The van der Waals surface area contributed by atoms with Crippen molar-refractivity contribution in [2.45, 2.75) is 6.61 Å². The molecule has 2 N–H and O–H groups in total. The zero-order valence-corrected chi connectivity index (χ0v) is 12.5. The number of nitrogen functional groups attached to an aromatic ring is 1. The number of nitriles is 1. The van der Waals surface area contributed by atoms with E-state index >= 15 is 0 Å². The Balaban J connectivity index is 2.24. The van der Waals surface area contributed by atoms with Crippen molar-refractivity contribution in [1.29, 1.82) is 5.26 Å². The first kappa shape index (κ1) is 14.6. The van der Waals surface area contributed by atoms with E-state index in [9.17, 15) is 4.39 Å². The first-order valence-electron chi connectivity index (χ1n) is 5.57. The molecule has 0 saturated heterocycles. The zero-order chi connectivity index (χ0) is 14.7. The molecule has 6 heteroatoms. The van der Waals surface area contributed by atoms with Crippen molar-refractivity contribution in [3.05, 3.63) is 56.8 Å². The number of nitrogens with two attached hydrogens (primary N) is 1. The Morgan fingerprint density at radius 2 is 2.15 bits per heavy atom.